The summed E-state index contributed by atoms with van der Waals surface area (Å²) in [6.45, 7) is 4.55. The zero-order chi connectivity index (χ0) is 14.8. The van der Waals surface area contributed by atoms with Gasteiger partial charge in [-0.05, 0) is 36.1 Å². The molecule has 108 valence electrons. The van der Waals surface area contributed by atoms with Crippen molar-refractivity contribution in [2.75, 3.05) is 6.54 Å². The zero-order valence-electron chi connectivity index (χ0n) is 11.3. The van der Waals surface area contributed by atoms with Gasteiger partial charge in [0, 0.05) is 22.4 Å². The van der Waals surface area contributed by atoms with Gasteiger partial charge in [0.15, 0.2) is 0 Å². The number of halogens is 1. The molecule has 0 N–H and O–H groups in total. The molecule has 0 fully saturated rings. The Bertz CT molecular complexity index is 681. The van der Waals surface area contributed by atoms with E-state index < -0.39 is 10.0 Å². The normalized spacial score (nSPS) is 12.0. The van der Waals surface area contributed by atoms with Crippen LogP contribution in [0.25, 0.3) is 0 Å². The summed E-state index contributed by atoms with van der Waals surface area (Å²) in [6.07, 6.45) is 0. The molecule has 2 rings (SSSR count). The predicted octanol–water partition coefficient (Wildman–Crippen LogP) is 4.03. The minimum atomic E-state index is -3.47. The maximum Gasteiger partial charge on any atom is 0.243 e. The van der Waals surface area contributed by atoms with Crippen LogP contribution in [0.4, 0.5) is 0 Å². The lowest BCUT2D eigenvalue weighted by Gasteiger charge is -2.21. The Labute approximate surface area is 132 Å². The molecule has 2 aromatic rings. The number of sulfonamides is 1. The molecule has 0 amide bonds. The van der Waals surface area contributed by atoms with Gasteiger partial charge >= 0.3 is 0 Å². The van der Waals surface area contributed by atoms with Crippen molar-refractivity contribution in [3.8, 4) is 0 Å². The van der Waals surface area contributed by atoms with Crippen LogP contribution in [0.15, 0.2) is 45.1 Å². The first-order valence-electron chi connectivity index (χ1n) is 6.24. The van der Waals surface area contributed by atoms with Crippen LogP contribution in [0.2, 0.25) is 0 Å². The summed E-state index contributed by atoms with van der Waals surface area (Å²) >= 11 is 4.91. The fraction of sp³-hybridized carbons (Fsp3) is 0.286. The Morgan fingerprint density at radius 1 is 1.30 bits per heavy atom. The molecule has 20 heavy (non-hydrogen) atoms. The summed E-state index contributed by atoms with van der Waals surface area (Å²) in [4.78, 5) is 1.41. The maximum atomic E-state index is 12.8. The molecule has 0 aliphatic carbocycles. The Hall–Kier alpha value is -0.690. The van der Waals surface area contributed by atoms with E-state index in [0.29, 0.717) is 18.0 Å². The van der Waals surface area contributed by atoms with Gasteiger partial charge in [0.2, 0.25) is 10.0 Å². The second-order valence-corrected chi connectivity index (χ2v) is 8.27. The summed E-state index contributed by atoms with van der Waals surface area (Å²) in [5, 5.41) is 1.96. The lowest BCUT2D eigenvalue weighted by Crippen LogP contribution is -2.30. The van der Waals surface area contributed by atoms with Gasteiger partial charge in [0.25, 0.3) is 0 Å². The van der Waals surface area contributed by atoms with Crippen LogP contribution >= 0.6 is 27.3 Å². The fourth-order valence-electron chi connectivity index (χ4n) is 1.93. The van der Waals surface area contributed by atoms with Crippen molar-refractivity contribution < 1.29 is 8.42 Å². The highest BCUT2D eigenvalue weighted by molar-refractivity contribution is 9.10. The van der Waals surface area contributed by atoms with Crippen molar-refractivity contribution in [3.05, 3.63) is 50.6 Å². The molecule has 0 saturated heterocycles. The van der Waals surface area contributed by atoms with Crippen molar-refractivity contribution in [1.29, 1.82) is 0 Å². The molecule has 0 unspecified atom stereocenters. The van der Waals surface area contributed by atoms with Gasteiger partial charge in [-0.25, -0.2) is 8.42 Å². The second kappa shape index (κ2) is 6.39. The summed E-state index contributed by atoms with van der Waals surface area (Å²) in [7, 11) is -3.47. The highest BCUT2D eigenvalue weighted by Crippen LogP contribution is 2.25. The Morgan fingerprint density at radius 2 is 2.05 bits per heavy atom. The Balaban J connectivity index is 2.38. The van der Waals surface area contributed by atoms with E-state index in [1.165, 1.54) is 4.31 Å². The molecular weight excluding hydrogens is 358 g/mol. The first kappa shape index (κ1) is 15.7. The van der Waals surface area contributed by atoms with Crippen molar-refractivity contribution >= 4 is 37.3 Å². The molecule has 0 radical (unpaired) electrons. The van der Waals surface area contributed by atoms with Crippen LogP contribution in [0.5, 0.6) is 0 Å². The van der Waals surface area contributed by atoms with Gasteiger partial charge in [-0.3, -0.25) is 0 Å². The summed E-state index contributed by atoms with van der Waals surface area (Å²) < 4.78 is 27.8. The number of hydrogen-bond donors (Lipinski definition) is 0. The number of hydrogen-bond acceptors (Lipinski definition) is 3. The molecule has 0 saturated carbocycles. The first-order chi connectivity index (χ1) is 9.45. The van der Waals surface area contributed by atoms with E-state index in [1.807, 2.05) is 43.5 Å². The van der Waals surface area contributed by atoms with Gasteiger partial charge in [0.1, 0.15) is 0 Å². The average Bonchev–Trinajstić information content (AvgIpc) is 2.91. The summed E-state index contributed by atoms with van der Waals surface area (Å²) in [6, 6.07) is 9.23. The number of benzene rings is 1. The molecule has 0 bridgehead atoms. The average molecular weight is 374 g/mol. The van der Waals surface area contributed by atoms with E-state index in [9.17, 15) is 8.42 Å². The van der Waals surface area contributed by atoms with Crippen molar-refractivity contribution in [1.82, 2.24) is 4.31 Å². The molecular formula is C14H16BrNO2S2. The smallest absolute Gasteiger partial charge is 0.207 e. The maximum absolute atomic E-state index is 12.8. The Morgan fingerprint density at radius 3 is 2.65 bits per heavy atom. The molecule has 0 atom stereocenters. The van der Waals surface area contributed by atoms with Crippen molar-refractivity contribution in [3.63, 3.8) is 0 Å². The monoisotopic (exact) mass is 373 g/mol. The minimum Gasteiger partial charge on any atom is -0.207 e. The SMILES string of the molecule is CCN(Cc1cccs1)S(=O)(=O)c1cc(Br)ccc1C. The van der Waals surface area contributed by atoms with E-state index in [-0.39, 0.29) is 0 Å². The summed E-state index contributed by atoms with van der Waals surface area (Å²) in [5.74, 6) is 0. The molecule has 0 aliphatic heterocycles. The van der Waals surface area contributed by atoms with Gasteiger partial charge < -0.3 is 0 Å². The van der Waals surface area contributed by atoms with E-state index in [1.54, 1.807) is 17.4 Å². The topological polar surface area (TPSA) is 37.4 Å². The molecule has 6 heteroatoms. The van der Waals surface area contributed by atoms with E-state index in [4.69, 9.17) is 0 Å². The highest BCUT2D eigenvalue weighted by Gasteiger charge is 2.25. The van der Waals surface area contributed by atoms with Crippen LogP contribution in [0, 0.1) is 6.92 Å². The predicted molar refractivity (Wildman–Crippen MR) is 86.5 cm³/mol. The van der Waals surface area contributed by atoms with Crippen LogP contribution in [-0.2, 0) is 16.6 Å². The van der Waals surface area contributed by atoms with Gasteiger partial charge in [-0.1, -0.05) is 35.0 Å². The minimum absolute atomic E-state index is 0.366. The molecule has 3 nitrogen and oxygen atoms in total. The lowest BCUT2D eigenvalue weighted by molar-refractivity contribution is 0.426. The van der Waals surface area contributed by atoms with Crippen molar-refractivity contribution in [2.45, 2.75) is 25.3 Å². The third kappa shape index (κ3) is 3.31. The van der Waals surface area contributed by atoms with Crippen LogP contribution in [-0.4, -0.2) is 19.3 Å². The molecule has 0 aliphatic rings. The van der Waals surface area contributed by atoms with E-state index in [2.05, 4.69) is 15.9 Å². The van der Waals surface area contributed by atoms with Gasteiger partial charge in [0.05, 0.1) is 4.90 Å². The second-order valence-electron chi connectivity index (χ2n) is 4.42. The van der Waals surface area contributed by atoms with E-state index in [0.717, 1.165) is 14.9 Å². The third-order valence-corrected chi connectivity index (χ3v) is 6.45. The zero-order valence-corrected chi connectivity index (χ0v) is 14.6. The summed E-state index contributed by atoms with van der Waals surface area (Å²) in [5.41, 5.74) is 0.762. The van der Waals surface area contributed by atoms with Crippen LogP contribution < -0.4 is 0 Å². The first-order valence-corrected chi connectivity index (χ1v) is 9.35. The quantitative estimate of drug-likeness (QED) is 0.793. The number of rotatable bonds is 5. The largest absolute Gasteiger partial charge is 0.243 e. The van der Waals surface area contributed by atoms with Crippen molar-refractivity contribution in [2.24, 2.45) is 0 Å². The van der Waals surface area contributed by atoms with Gasteiger partial charge in [-0.15, -0.1) is 11.3 Å². The number of aryl methyl sites for hydroxylation is 1. The number of thiophene rings is 1. The molecule has 1 aromatic heterocycles. The number of nitrogens with zero attached hydrogens (tertiary/aromatic N) is 1. The molecule has 0 spiro atoms. The lowest BCUT2D eigenvalue weighted by atomic mass is 10.2. The highest BCUT2D eigenvalue weighted by atomic mass is 79.9. The van der Waals surface area contributed by atoms with E-state index >= 15 is 0 Å². The Kier molecular flexibility index (Phi) is 5.01. The van der Waals surface area contributed by atoms with Gasteiger partial charge in [-0.2, -0.15) is 4.31 Å². The van der Waals surface area contributed by atoms with Crippen LogP contribution in [0.3, 0.4) is 0 Å². The standard InChI is InChI=1S/C14H16BrNO2S2/c1-3-16(10-13-5-4-8-19-13)20(17,18)14-9-12(15)7-6-11(14)2/h4-9H,3,10H2,1-2H3. The van der Waals surface area contributed by atoms with Crippen LogP contribution in [0.1, 0.15) is 17.4 Å². The third-order valence-electron chi connectivity index (χ3n) is 3.03. The molecule has 1 heterocycles. The molecule has 1 aromatic carbocycles. The fourth-order valence-corrected chi connectivity index (χ4v) is 4.93.